The Balaban J connectivity index is 0.969. The number of imidazole rings is 2. The summed E-state index contributed by atoms with van der Waals surface area (Å²) in [6, 6.07) is 0.937. The maximum absolute atomic E-state index is 14.4. The van der Waals surface area contributed by atoms with Crippen LogP contribution >= 0.6 is 30.0 Å². The van der Waals surface area contributed by atoms with Crippen LogP contribution in [0.15, 0.2) is 45.6 Å². The van der Waals surface area contributed by atoms with E-state index in [-0.39, 0.29) is 34.1 Å². The molecule has 0 radical (unpaired) electrons. The fourth-order valence-corrected chi connectivity index (χ4v) is 14.9. The number of H-pyrrole nitrogens is 2. The van der Waals surface area contributed by atoms with Gasteiger partial charge in [-0.3, -0.25) is 47.1 Å². The van der Waals surface area contributed by atoms with E-state index in [1.54, 1.807) is 0 Å². The van der Waals surface area contributed by atoms with Crippen molar-refractivity contribution < 1.29 is 99.1 Å². The Kier molecular flexibility index (Phi) is 16.6. The number of nitrogens with two attached hydrogens (primary N) is 2. The average molecular weight is 1180 g/mol. The average Bonchev–Trinajstić information content (AvgIpc) is 4.13. The number of ether oxygens (including phenoxy) is 4. The molecule has 0 aromatic carbocycles. The summed E-state index contributed by atoms with van der Waals surface area (Å²) >= 11 is 4.93. The van der Waals surface area contributed by atoms with Crippen molar-refractivity contribution in [3.8, 4) is 0 Å². The topological polar surface area (TPSA) is 501 Å². The van der Waals surface area contributed by atoms with Crippen molar-refractivity contribution in [2.75, 3.05) is 52.5 Å². The van der Waals surface area contributed by atoms with Crippen LogP contribution in [0.4, 0.5) is 11.8 Å². The molecule has 41 heteroatoms. The number of aromatic nitrogens is 10. The number of aromatic amines is 2. The fourth-order valence-electron chi connectivity index (χ4n) is 8.71. The van der Waals surface area contributed by atoms with E-state index >= 15 is 0 Å². The highest BCUT2D eigenvalue weighted by molar-refractivity contribution is 8.08. The standard InChI is InChI=1S/C35H49N13O23P4S/c1-44(2)19(50)7-14-15(67-31(22(14)51)48-13-45(3)21-29(48)42-34(37)43-30(21)54)8-65-73(58,59)70-74(60,61)71-75(62,76)66-10-17-26(25(63-4)33(69-17)47-12-40-20-27(36)38-11-39-28(20)47)72(56,57)64-9-16-23(52)24(53)32(68-16)46-6-5-18(49)41-35(46)55/h5-6,11-17,22-26,31-33,51-53H,7-10H2,1-4H3,(H9-,36,37,38,39,41,42,43,49,54,55,56,57,58,59,60,61,62,76)/p+1/t14-,15-,16-,17-,22-,23-,24-,25-,26-,31?,32-,33-,75?/m1/s1. The highest BCUT2D eigenvalue weighted by Crippen LogP contribution is 2.68. The Bertz CT molecular complexity index is 3400. The number of carbonyl (C=O) groups excluding carboxylic acids is 1. The molecule has 0 spiro atoms. The third-order valence-corrected chi connectivity index (χ3v) is 19.3. The van der Waals surface area contributed by atoms with Gasteiger partial charge in [0.25, 0.3) is 17.1 Å². The first-order valence-electron chi connectivity index (χ1n) is 21.9. The normalized spacial score (nSPS) is 30.0. The molecule has 3 saturated heterocycles. The van der Waals surface area contributed by atoms with Crippen LogP contribution in [0.2, 0.25) is 0 Å². The molecular formula is C35H50N13O23P4S+. The molecule has 3 fully saturated rings. The van der Waals surface area contributed by atoms with E-state index in [1.807, 2.05) is 4.98 Å². The summed E-state index contributed by atoms with van der Waals surface area (Å²) < 4.78 is 93.5. The zero-order valence-corrected chi connectivity index (χ0v) is 44.1. The minimum atomic E-state index is -6.04. The zero-order valence-electron chi connectivity index (χ0n) is 39.7. The second-order valence-corrected chi connectivity index (χ2v) is 25.4. The summed E-state index contributed by atoms with van der Waals surface area (Å²) in [5.74, 6) is -2.11. The third kappa shape index (κ3) is 11.8. The molecule has 36 nitrogen and oxygen atoms in total. The Hall–Kier alpha value is -4.65. The SMILES string of the molecule is CO[C@@H]1[C@H](P(=O)(O)OC[C@H]2O[C@@H](n3ccc(=O)[nH]c3=O)[C@H](O)[C@@H]2O)[C@@H](COP(O)(=S)OP(=O)(O)OP(=O)(O)OC[C@H]2OC([n+]3cn(C)c4c(=O)[nH]c(N)nc43)[C@H](O)[C@@H]2CC(=O)N(C)C)O[C@H]1n1cnc2c(N)ncnc21. The predicted octanol–water partition coefficient (Wildman–Crippen LogP) is -3.96. The molecule has 16 atom stereocenters. The van der Waals surface area contributed by atoms with Crippen LogP contribution in [-0.4, -0.2) is 179 Å². The van der Waals surface area contributed by atoms with Gasteiger partial charge in [0.1, 0.15) is 54.1 Å². The van der Waals surface area contributed by atoms with Gasteiger partial charge in [-0.15, -0.1) is 0 Å². The maximum atomic E-state index is 14.4. The van der Waals surface area contributed by atoms with Crippen LogP contribution in [0.25, 0.3) is 22.3 Å². The number of rotatable bonds is 20. The van der Waals surface area contributed by atoms with E-state index in [4.69, 9.17) is 55.8 Å². The second kappa shape index (κ2) is 21.9. The molecular weight excluding hydrogens is 1130 g/mol. The number of phosphoric acid groups is 2. The largest absolute Gasteiger partial charge is 0.488 e. The lowest BCUT2D eigenvalue weighted by Crippen LogP contribution is -2.45. The van der Waals surface area contributed by atoms with Crippen LogP contribution in [0.3, 0.4) is 0 Å². The molecule has 76 heavy (non-hydrogen) atoms. The molecule has 5 aromatic rings. The molecule has 0 saturated carbocycles. The highest BCUT2D eigenvalue weighted by Gasteiger charge is 2.57. The molecule has 8 heterocycles. The minimum Gasteiger partial charge on any atom is -0.387 e. The van der Waals surface area contributed by atoms with Crippen LogP contribution in [0, 0.1) is 5.92 Å². The van der Waals surface area contributed by atoms with Crippen molar-refractivity contribution in [3.63, 3.8) is 0 Å². The van der Waals surface area contributed by atoms with Gasteiger partial charge in [0.05, 0.1) is 39.3 Å². The lowest BCUT2D eigenvalue weighted by molar-refractivity contribution is -0.745. The third-order valence-electron chi connectivity index (χ3n) is 12.2. The van der Waals surface area contributed by atoms with E-state index in [0.717, 1.165) is 36.6 Å². The lowest BCUT2D eigenvalue weighted by Gasteiger charge is -2.28. The monoisotopic (exact) mass is 1180 g/mol. The van der Waals surface area contributed by atoms with Gasteiger partial charge in [-0.25, -0.2) is 37.8 Å². The first kappa shape index (κ1) is 57.5. The lowest BCUT2D eigenvalue weighted by atomic mass is 9.94. The van der Waals surface area contributed by atoms with E-state index in [9.17, 15) is 67.8 Å². The predicted molar refractivity (Wildman–Crippen MR) is 254 cm³/mol. The number of nitrogens with one attached hydrogen (secondary N) is 2. The van der Waals surface area contributed by atoms with Gasteiger partial charge in [0.15, 0.2) is 30.2 Å². The minimum absolute atomic E-state index is 0.00685. The second-order valence-electron chi connectivity index (χ2n) is 17.4. The van der Waals surface area contributed by atoms with Crippen molar-refractivity contribution in [3.05, 3.63) is 62.4 Å². The maximum Gasteiger partial charge on any atom is 0.488 e. The molecule has 0 bridgehead atoms. The number of anilines is 2. The summed E-state index contributed by atoms with van der Waals surface area (Å²) in [5.41, 5.74) is 7.41. The number of fused-ring (bicyclic) bond motifs is 2. The smallest absolute Gasteiger partial charge is 0.387 e. The quantitative estimate of drug-likeness (QED) is 0.0262. The van der Waals surface area contributed by atoms with Gasteiger partial charge < -0.3 is 79.3 Å². The molecule has 13 N–H and O–H groups in total. The Morgan fingerprint density at radius 3 is 2.24 bits per heavy atom. The number of methoxy groups -OCH3 is 1. The van der Waals surface area contributed by atoms with Crippen LogP contribution < -0.4 is 32.8 Å². The van der Waals surface area contributed by atoms with Crippen LogP contribution in [-0.2, 0) is 78.5 Å². The molecule has 3 aliphatic heterocycles. The first-order chi connectivity index (χ1) is 35.5. The van der Waals surface area contributed by atoms with Gasteiger partial charge in [0.2, 0.25) is 17.7 Å². The van der Waals surface area contributed by atoms with E-state index in [1.165, 1.54) is 46.1 Å². The number of carbonyl (C=O) groups is 1. The van der Waals surface area contributed by atoms with Gasteiger partial charge >= 0.3 is 41.3 Å². The van der Waals surface area contributed by atoms with Crippen molar-refractivity contribution in [2.24, 2.45) is 13.0 Å². The number of nitrogens with zero attached hydrogens (tertiary/aromatic N) is 9. The highest BCUT2D eigenvalue weighted by atomic mass is 32.5. The number of aliphatic hydroxyl groups is 3. The number of hydrogen-bond donors (Lipinski definition) is 11. The number of phosphoric ester groups is 1. The molecule has 5 unspecified atom stereocenters. The zero-order chi connectivity index (χ0) is 55.6. The Morgan fingerprint density at radius 1 is 0.868 bits per heavy atom. The summed E-state index contributed by atoms with van der Waals surface area (Å²) in [6.45, 7) is -8.27. The summed E-state index contributed by atoms with van der Waals surface area (Å²) in [5, 5.41) is 33.0. The first-order valence-corrected chi connectivity index (χ1v) is 29.2. The summed E-state index contributed by atoms with van der Waals surface area (Å²) in [4.78, 5) is 115. The molecule has 0 aliphatic carbocycles. The van der Waals surface area contributed by atoms with Crippen molar-refractivity contribution in [1.29, 1.82) is 0 Å². The number of nitrogen functional groups attached to an aromatic ring is 2. The molecule has 8 rings (SSSR count). The van der Waals surface area contributed by atoms with Gasteiger partial charge in [-0.1, -0.05) is 4.98 Å². The Labute approximate surface area is 429 Å². The van der Waals surface area contributed by atoms with Crippen molar-refractivity contribution >= 4 is 81.8 Å². The Morgan fingerprint density at radius 2 is 1.55 bits per heavy atom. The number of hydrogen-bond acceptors (Lipinski definition) is 26. The van der Waals surface area contributed by atoms with Crippen LogP contribution in [0.5, 0.6) is 0 Å². The van der Waals surface area contributed by atoms with Crippen molar-refractivity contribution in [2.45, 2.75) is 73.5 Å². The van der Waals surface area contributed by atoms with E-state index in [0.29, 0.717) is 0 Å². The van der Waals surface area contributed by atoms with Gasteiger partial charge in [0, 0.05) is 45.8 Å². The molecule has 1 amide bonds. The van der Waals surface area contributed by atoms with Crippen LogP contribution in [0.1, 0.15) is 25.1 Å². The molecule has 5 aromatic heterocycles. The fraction of sp³-hybridized carbons (Fsp3) is 0.571. The molecule has 418 valence electrons. The van der Waals surface area contributed by atoms with E-state index in [2.05, 4.69) is 33.5 Å². The van der Waals surface area contributed by atoms with Crippen molar-refractivity contribution in [1.82, 2.24) is 48.5 Å². The van der Waals surface area contributed by atoms with Gasteiger partial charge in [-0.05, 0) is 11.8 Å². The summed E-state index contributed by atoms with van der Waals surface area (Å²) in [7, 11) is -11.7. The number of aryl methyl sites for hydroxylation is 1. The van der Waals surface area contributed by atoms with E-state index < -0.39 is 152 Å². The number of amides is 1. The summed E-state index contributed by atoms with van der Waals surface area (Å²) in [6.07, 6.45) is -12.1. The number of aliphatic hydroxyl groups excluding tert-OH is 3. The molecule has 3 aliphatic rings. The van der Waals surface area contributed by atoms with Gasteiger partial charge in [-0.2, -0.15) is 4.31 Å².